The van der Waals surface area contributed by atoms with Crippen LogP contribution in [0.25, 0.3) is 17.1 Å². The molecular formula is C19H16F5N3O3. The molecule has 0 atom stereocenters. The van der Waals surface area contributed by atoms with Crippen molar-refractivity contribution in [2.45, 2.75) is 13.1 Å². The van der Waals surface area contributed by atoms with Gasteiger partial charge >= 0.3 is 6.18 Å². The summed E-state index contributed by atoms with van der Waals surface area (Å²) in [5.74, 6) is -3.13. The van der Waals surface area contributed by atoms with Gasteiger partial charge in [0.1, 0.15) is 22.9 Å². The Morgan fingerprint density at radius 1 is 1.03 bits per heavy atom. The van der Waals surface area contributed by atoms with Crippen LogP contribution in [0.2, 0.25) is 0 Å². The first-order chi connectivity index (χ1) is 14.0. The largest absolute Gasteiger partial charge is 0.497 e. The van der Waals surface area contributed by atoms with Gasteiger partial charge < -0.3 is 9.47 Å². The van der Waals surface area contributed by atoms with Crippen molar-refractivity contribution in [2.24, 2.45) is 7.05 Å². The summed E-state index contributed by atoms with van der Waals surface area (Å²) in [6, 6.07) is 3.52. The van der Waals surface area contributed by atoms with E-state index in [1.54, 1.807) is 0 Å². The number of methoxy groups -OCH3 is 2. The van der Waals surface area contributed by atoms with Crippen molar-refractivity contribution in [3.63, 3.8) is 0 Å². The predicted octanol–water partition coefficient (Wildman–Crippen LogP) is 3.86. The van der Waals surface area contributed by atoms with E-state index in [1.165, 1.54) is 28.2 Å². The zero-order valence-electron chi connectivity index (χ0n) is 16.3. The number of rotatable bonds is 4. The zero-order chi connectivity index (χ0) is 22.4. The molecule has 0 radical (unpaired) electrons. The molecule has 0 aliphatic carbocycles. The topological polar surface area (TPSA) is 58.3 Å². The van der Waals surface area contributed by atoms with Crippen LogP contribution in [0.3, 0.4) is 0 Å². The lowest BCUT2D eigenvalue weighted by Gasteiger charge is -2.16. The van der Waals surface area contributed by atoms with Crippen LogP contribution < -0.4 is 15.0 Å². The summed E-state index contributed by atoms with van der Waals surface area (Å²) < 4.78 is 81.0. The maximum absolute atomic E-state index is 14.6. The molecule has 11 heteroatoms. The van der Waals surface area contributed by atoms with Crippen LogP contribution in [0.4, 0.5) is 22.0 Å². The Kier molecular flexibility index (Phi) is 5.31. The molecule has 3 rings (SSSR count). The first-order valence-corrected chi connectivity index (χ1v) is 8.45. The number of ether oxygens (including phenoxy) is 2. The Balaban J connectivity index is 2.37. The van der Waals surface area contributed by atoms with Crippen molar-refractivity contribution >= 4 is 0 Å². The molecule has 2 heterocycles. The van der Waals surface area contributed by atoms with Crippen molar-refractivity contribution in [1.29, 1.82) is 0 Å². The Bertz CT molecular complexity index is 1160. The second-order valence-corrected chi connectivity index (χ2v) is 6.30. The minimum absolute atomic E-state index is 0.0929. The molecule has 0 bridgehead atoms. The third kappa shape index (κ3) is 3.40. The van der Waals surface area contributed by atoms with Gasteiger partial charge in [0.05, 0.1) is 25.5 Å². The van der Waals surface area contributed by atoms with E-state index in [9.17, 15) is 26.7 Å². The molecule has 3 aromatic rings. The lowest BCUT2D eigenvalue weighted by molar-refractivity contribution is -0.137. The summed E-state index contributed by atoms with van der Waals surface area (Å²) in [4.78, 5) is 16.6. The van der Waals surface area contributed by atoms with Gasteiger partial charge in [-0.1, -0.05) is 0 Å². The van der Waals surface area contributed by atoms with Gasteiger partial charge in [0.15, 0.2) is 5.82 Å². The van der Waals surface area contributed by atoms with Gasteiger partial charge in [-0.05, 0) is 13.0 Å². The summed E-state index contributed by atoms with van der Waals surface area (Å²) in [6.07, 6.45) is -4.84. The van der Waals surface area contributed by atoms with Crippen molar-refractivity contribution in [3.05, 3.63) is 57.4 Å². The van der Waals surface area contributed by atoms with Gasteiger partial charge in [0.2, 0.25) is 5.88 Å². The van der Waals surface area contributed by atoms with Gasteiger partial charge in [-0.3, -0.25) is 9.48 Å². The quantitative estimate of drug-likeness (QED) is 0.591. The smallest absolute Gasteiger partial charge is 0.420 e. The van der Waals surface area contributed by atoms with E-state index < -0.39 is 40.3 Å². The number of hydrogen-bond acceptors (Lipinski definition) is 4. The maximum atomic E-state index is 14.6. The van der Waals surface area contributed by atoms with Crippen LogP contribution in [0.1, 0.15) is 11.1 Å². The van der Waals surface area contributed by atoms with Crippen LogP contribution in [-0.4, -0.2) is 28.6 Å². The number of alkyl halides is 3. The Morgan fingerprint density at radius 3 is 2.13 bits per heavy atom. The fourth-order valence-corrected chi connectivity index (χ4v) is 3.15. The second kappa shape index (κ2) is 7.47. The van der Waals surface area contributed by atoms with Crippen LogP contribution in [0.15, 0.2) is 29.1 Å². The SMILES string of the molecule is COc1cc(F)c(-c2c(C)c(=O)n(-c3nc(OC)ccc3C(F)(F)F)n2C)c(F)c1. The summed E-state index contributed by atoms with van der Waals surface area (Å²) in [5, 5.41) is 0. The lowest BCUT2D eigenvalue weighted by Crippen LogP contribution is -2.25. The molecule has 0 fully saturated rings. The van der Waals surface area contributed by atoms with E-state index >= 15 is 0 Å². The molecule has 0 saturated heterocycles. The lowest BCUT2D eigenvalue weighted by atomic mass is 10.1. The number of aromatic nitrogens is 3. The summed E-state index contributed by atoms with van der Waals surface area (Å²) in [7, 11) is 3.62. The van der Waals surface area contributed by atoms with E-state index in [4.69, 9.17) is 9.47 Å². The van der Waals surface area contributed by atoms with E-state index in [0.717, 1.165) is 22.9 Å². The van der Waals surface area contributed by atoms with Gasteiger partial charge in [0, 0.05) is 30.8 Å². The van der Waals surface area contributed by atoms with E-state index in [1.807, 2.05) is 0 Å². The van der Waals surface area contributed by atoms with Crippen molar-refractivity contribution < 1.29 is 31.4 Å². The van der Waals surface area contributed by atoms with Gasteiger partial charge in [-0.2, -0.15) is 22.8 Å². The standard InChI is InChI=1S/C19H16F5N3O3/c1-9-16(15-12(20)7-10(29-3)8-13(15)21)26(2)27(18(9)28)17-11(19(22,23)24)5-6-14(25-17)30-4/h5-8H,1-4H3. The van der Waals surface area contributed by atoms with Crippen LogP contribution in [0, 0.1) is 18.6 Å². The molecule has 0 unspecified atom stereocenters. The van der Waals surface area contributed by atoms with E-state index in [2.05, 4.69) is 4.98 Å². The highest BCUT2D eigenvalue weighted by Gasteiger charge is 2.37. The highest BCUT2D eigenvalue weighted by Crippen LogP contribution is 2.36. The van der Waals surface area contributed by atoms with Crippen molar-refractivity contribution in [3.8, 4) is 28.7 Å². The second-order valence-electron chi connectivity index (χ2n) is 6.30. The fourth-order valence-electron chi connectivity index (χ4n) is 3.15. The first kappa shape index (κ1) is 21.3. The number of nitrogens with zero attached hydrogens (tertiary/aromatic N) is 3. The normalized spacial score (nSPS) is 11.6. The van der Waals surface area contributed by atoms with Crippen molar-refractivity contribution in [1.82, 2.24) is 14.3 Å². The highest BCUT2D eigenvalue weighted by atomic mass is 19.4. The zero-order valence-corrected chi connectivity index (χ0v) is 16.3. The van der Waals surface area contributed by atoms with Gasteiger partial charge in [-0.25, -0.2) is 8.78 Å². The molecule has 30 heavy (non-hydrogen) atoms. The minimum Gasteiger partial charge on any atom is -0.497 e. The molecule has 0 aliphatic heterocycles. The van der Waals surface area contributed by atoms with E-state index in [0.29, 0.717) is 10.7 Å². The first-order valence-electron chi connectivity index (χ1n) is 8.45. The number of benzene rings is 1. The molecule has 0 N–H and O–H groups in total. The predicted molar refractivity (Wildman–Crippen MR) is 97.0 cm³/mol. The third-order valence-corrected chi connectivity index (χ3v) is 4.54. The molecule has 160 valence electrons. The Labute approximate surface area is 167 Å². The average Bonchev–Trinajstić information content (AvgIpc) is 2.89. The van der Waals surface area contributed by atoms with Crippen LogP contribution in [-0.2, 0) is 13.2 Å². The summed E-state index contributed by atoms with van der Waals surface area (Å²) in [5.41, 5.74) is -3.13. The summed E-state index contributed by atoms with van der Waals surface area (Å²) >= 11 is 0. The molecule has 6 nitrogen and oxygen atoms in total. The maximum Gasteiger partial charge on any atom is 0.420 e. The third-order valence-electron chi connectivity index (χ3n) is 4.54. The minimum atomic E-state index is -4.84. The number of halogens is 5. The van der Waals surface area contributed by atoms with Crippen LogP contribution >= 0.6 is 0 Å². The van der Waals surface area contributed by atoms with E-state index in [-0.39, 0.29) is 22.9 Å². The molecular weight excluding hydrogens is 413 g/mol. The molecule has 0 saturated carbocycles. The Morgan fingerprint density at radius 2 is 1.63 bits per heavy atom. The molecule has 2 aromatic heterocycles. The Hall–Kier alpha value is -3.37. The summed E-state index contributed by atoms with van der Waals surface area (Å²) in [6.45, 7) is 1.25. The fraction of sp³-hybridized carbons (Fsp3) is 0.263. The van der Waals surface area contributed by atoms with Gasteiger partial charge in [-0.15, -0.1) is 0 Å². The van der Waals surface area contributed by atoms with Crippen molar-refractivity contribution in [2.75, 3.05) is 14.2 Å². The molecule has 0 spiro atoms. The molecule has 0 amide bonds. The number of pyridine rings is 1. The number of hydrogen-bond donors (Lipinski definition) is 0. The van der Waals surface area contributed by atoms with Gasteiger partial charge in [0.25, 0.3) is 5.56 Å². The monoisotopic (exact) mass is 429 g/mol. The average molecular weight is 429 g/mol. The highest BCUT2D eigenvalue weighted by molar-refractivity contribution is 5.66. The van der Waals surface area contributed by atoms with Crippen LogP contribution in [0.5, 0.6) is 11.6 Å². The molecule has 1 aromatic carbocycles. The molecule has 0 aliphatic rings.